The van der Waals surface area contributed by atoms with Gasteiger partial charge in [-0.3, -0.25) is 9.59 Å². The first kappa shape index (κ1) is 17.4. The van der Waals surface area contributed by atoms with E-state index in [1.807, 2.05) is 0 Å². The molecule has 3 rings (SSSR count). The van der Waals surface area contributed by atoms with Crippen LogP contribution in [-0.4, -0.2) is 50.2 Å². The second kappa shape index (κ2) is 8.11. The molecule has 0 aliphatic carbocycles. The van der Waals surface area contributed by atoms with Gasteiger partial charge in [0.25, 0.3) is 5.91 Å². The van der Waals surface area contributed by atoms with E-state index in [9.17, 15) is 14.4 Å². The lowest BCUT2D eigenvalue weighted by atomic mass is 10.2. The van der Waals surface area contributed by atoms with Crippen LogP contribution >= 0.6 is 0 Å². The number of carbonyl (C=O) groups is 3. The predicted molar refractivity (Wildman–Crippen MR) is 90.3 cm³/mol. The van der Waals surface area contributed by atoms with Crippen molar-refractivity contribution in [2.75, 3.05) is 31.2 Å². The number of benzene rings is 1. The van der Waals surface area contributed by atoms with Gasteiger partial charge in [0.05, 0.1) is 11.7 Å². The van der Waals surface area contributed by atoms with Gasteiger partial charge in [-0.15, -0.1) is 0 Å². The Kier molecular flexibility index (Phi) is 5.65. The Hall–Kier alpha value is -2.41. The molecule has 25 heavy (non-hydrogen) atoms. The summed E-state index contributed by atoms with van der Waals surface area (Å²) >= 11 is 0. The Morgan fingerprint density at radius 1 is 1.24 bits per heavy atom. The minimum atomic E-state index is -0.563. The average Bonchev–Trinajstić information content (AvgIpc) is 3.29. The normalized spacial score (nSPS) is 19.9. The van der Waals surface area contributed by atoms with Gasteiger partial charge in [-0.25, -0.2) is 4.79 Å². The molecule has 2 heterocycles. The maximum absolute atomic E-state index is 12.0. The van der Waals surface area contributed by atoms with Crippen LogP contribution in [0, 0.1) is 0 Å². The van der Waals surface area contributed by atoms with Crippen LogP contribution < -0.4 is 10.2 Å². The number of carbonyl (C=O) groups excluding carboxylic acids is 3. The van der Waals surface area contributed by atoms with E-state index in [1.54, 1.807) is 29.2 Å². The van der Waals surface area contributed by atoms with Gasteiger partial charge in [-0.2, -0.15) is 0 Å². The lowest BCUT2D eigenvalue weighted by Crippen LogP contribution is -2.34. The number of hydrogen-bond acceptors (Lipinski definition) is 5. The van der Waals surface area contributed by atoms with Crippen molar-refractivity contribution < 1.29 is 23.9 Å². The number of rotatable bonds is 6. The number of hydrogen-bond donors (Lipinski definition) is 1. The van der Waals surface area contributed by atoms with Gasteiger partial charge in [0, 0.05) is 31.8 Å². The van der Waals surface area contributed by atoms with Crippen LogP contribution in [0.2, 0.25) is 0 Å². The quantitative estimate of drug-likeness (QED) is 0.784. The predicted octanol–water partition coefficient (Wildman–Crippen LogP) is 1.27. The highest BCUT2D eigenvalue weighted by molar-refractivity contribution is 5.96. The lowest BCUT2D eigenvalue weighted by Gasteiger charge is -2.15. The molecule has 2 aliphatic heterocycles. The molecule has 2 amide bonds. The van der Waals surface area contributed by atoms with Crippen LogP contribution in [0.4, 0.5) is 5.69 Å². The second-order valence-corrected chi connectivity index (χ2v) is 6.21. The van der Waals surface area contributed by atoms with E-state index in [4.69, 9.17) is 9.47 Å². The molecule has 0 spiro atoms. The average molecular weight is 346 g/mol. The Morgan fingerprint density at radius 2 is 2.04 bits per heavy atom. The van der Waals surface area contributed by atoms with E-state index >= 15 is 0 Å². The van der Waals surface area contributed by atoms with E-state index in [0.717, 1.165) is 31.6 Å². The minimum absolute atomic E-state index is 0.0560. The fourth-order valence-electron chi connectivity index (χ4n) is 3.00. The van der Waals surface area contributed by atoms with Crippen molar-refractivity contribution in [2.45, 2.75) is 31.8 Å². The fraction of sp³-hybridized carbons (Fsp3) is 0.500. The first-order chi connectivity index (χ1) is 12.1. The first-order valence-corrected chi connectivity index (χ1v) is 8.59. The van der Waals surface area contributed by atoms with E-state index in [2.05, 4.69) is 5.32 Å². The second-order valence-electron chi connectivity index (χ2n) is 6.21. The number of amides is 2. The van der Waals surface area contributed by atoms with Gasteiger partial charge in [0.1, 0.15) is 0 Å². The Morgan fingerprint density at radius 3 is 2.68 bits per heavy atom. The summed E-state index contributed by atoms with van der Waals surface area (Å²) in [4.78, 5) is 37.1. The molecule has 0 bridgehead atoms. The van der Waals surface area contributed by atoms with E-state index in [1.165, 1.54) is 0 Å². The van der Waals surface area contributed by atoms with Crippen molar-refractivity contribution in [1.29, 1.82) is 0 Å². The van der Waals surface area contributed by atoms with Gasteiger partial charge < -0.3 is 19.7 Å². The van der Waals surface area contributed by atoms with Gasteiger partial charge in [0.15, 0.2) is 6.61 Å². The maximum atomic E-state index is 12.0. The van der Waals surface area contributed by atoms with Gasteiger partial charge in [-0.05, 0) is 43.5 Å². The topological polar surface area (TPSA) is 84.9 Å². The lowest BCUT2D eigenvalue weighted by molar-refractivity contribution is -0.124. The van der Waals surface area contributed by atoms with Crippen LogP contribution in [0.3, 0.4) is 0 Å². The Balaban J connectivity index is 1.44. The summed E-state index contributed by atoms with van der Waals surface area (Å²) in [7, 11) is 0. The zero-order chi connectivity index (χ0) is 17.6. The molecule has 1 aromatic carbocycles. The van der Waals surface area contributed by atoms with Crippen molar-refractivity contribution in [3.63, 3.8) is 0 Å². The molecule has 2 fully saturated rings. The zero-order valence-electron chi connectivity index (χ0n) is 14.0. The minimum Gasteiger partial charge on any atom is -0.452 e. The molecule has 1 N–H and O–H groups in total. The summed E-state index contributed by atoms with van der Waals surface area (Å²) in [5, 5.41) is 2.70. The van der Waals surface area contributed by atoms with Gasteiger partial charge in [0.2, 0.25) is 5.91 Å². The summed E-state index contributed by atoms with van der Waals surface area (Å²) in [6.45, 7) is 1.55. The summed E-state index contributed by atoms with van der Waals surface area (Å²) in [5.74, 6) is -0.812. The summed E-state index contributed by atoms with van der Waals surface area (Å²) < 4.78 is 10.4. The van der Waals surface area contributed by atoms with E-state index in [-0.39, 0.29) is 24.5 Å². The molecule has 2 aliphatic rings. The largest absolute Gasteiger partial charge is 0.452 e. The van der Waals surface area contributed by atoms with Crippen LogP contribution in [0.1, 0.15) is 36.0 Å². The van der Waals surface area contributed by atoms with Crippen LogP contribution in [-0.2, 0) is 19.1 Å². The monoisotopic (exact) mass is 346 g/mol. The molecule has 7 nitrogen and oxygen atoms in total. The van der Waals surface area contributed by atoms with Crippen molar-refractivity contribution in [1.82, 2.24) is 5.32 Å². The third-order valence-corrected chi connectivity index (χ3v) is 4.37. The SMILES string of the molecule is O=C(COC(=O)c1ccc(N2CCCC2=O)cc1)NC[C@H]1CCCO1. The molecule has 7 heteroatoms. The highest BCUT2D eigenvalue weighted by Crippen LogP contribution is 2.21. The third kappa shape index (κ3) is 4.57. The third-order valence-electron chi connectivity index (χ3n) is 4.37. The van der Waals surface area contributed by atoms with E-state index < -0.39 is 5.97 Å². The summed E-state index contributed by atoms with van der Waals surface area (Å²) in [6.07, 6.45) is 3.41. The smallest absolute Gasteiger partial charge is 0.338 e. The van der Waals surface area contributed by atoms with Gasteiger partial charge >= 0.3 is 5.97 Å². The molecule has 0 unspecified atom stereocenters. The van der Waals surface area contributed by atoms with Crippen LogP contribution in [0.15, 0.2) is 24.3 Å². The Labute approximate surface area is 146 Å². The zero-order valence-corrected chi connectivity index (χ0v) is 14.0. The highest BCUT2D eigenvalue weighted by Gasteiger charge is 2.22. The molecule has 1 aromatic rings. The number of ether oxygens (including phenoxy) is 2. The van der Waals surface area contributed by atoms with Crippen LogP contribution in [0.5, 0.6) is 0 Å². The standard InChI is InChI=1S/C18H22N2O5/c21-16(19-11-15-3-2-10-24-15)12-25-18(23)13-5-7-14(8-6-13)20-9-1-4-17(20)22/h5-8,15H,1-4,9-12H2,(H,19,21)/t15-/m1/s1. The van der Waals surface area contributed by atoms with Crippen LogP contribution in [0.25, 0.3) is 0 Å². The van der Waals surface area contributed by atoms with Crippen molar-refractivity contribution in [3.8, 4) is 0 Å². The van der Waals surface area contributed by atoms with Crippen molar-refractivity contribution in [2.24, 2.45) is 0 Å². The molecule has 0 aromatic heterocycles. The number of esters is 1. The molecule has 0 saturated carbocycles. The maximum Gasteiger partial charge on any atom is 0.338 e. The van der Waals surface area contributed by atoms with Crippen molar-refractivity contribution in [3.05, 3.63) is 29.8 Å². The summed E-state index contributed by atoms with van der Waals surface area (Å²) in [5.41, 5.74) is 1.12. The van der Waals surface area contributed by atoms with Crippen molar-refractivity contribution >= 4 is 23.5 Å². The first-order valence-electron chi connectivity index (χ1n) is 8.59. The Bertz CT molecular complexity index is 637. The fourth-order valence-corrected chi connectivity index (χ4v) is 3.00. The summed E-state index contributed by atoms with van der Waals surface area (Å²) in [6, 6.07) is 6.65. The number of anilines is 1. The van der Waals surface area contributed by atoms with Gasteiger partial charge in [-0.1, -0.05) is 0 Å². The molecule has 2 saturated heterocycles. The molecular formula is C18H22N2O5. The van der Waals surface area contributed by atoms with E-state index in [0.29, 0.717) is 25.1 Å². The molecular weight excluding hydrogens is 324 g/mol. The molecule has 0 radical (unpaired) electrons. The highest BCUT2D eigenvalue weighted by atomic mass is 16.5. The molecule has 134 valence electrons. The number of nitrogens with one attached hydrogen (secondary N) is 1. The number of nitrogens with zero attached hydrogens (tertiary/aromatic N) is 1. The molecule has 1 atom stereocenters.